The Morgan fingerprint density at radius 2 is 1.85 bits per heavy atom. The van der Waals surface area contributed by atoms with E-state index in [1.54, 1.807) is 11.8 Å². The Balaban J connectivity index is 3.90. The topological polar surface area (TPSA) is 53.4 Å². The normalized spacial score (nSPS) is 9.46. The number of ether oxygens (including phenoxy) is 1. The second-order valence-corrected chi connectivity index (χ2v) is 2.60. The number of carbonyl (C=O) groups is 1. The summed E-state index contributed by atoms with van der Waals surface area (Å²) in [6.07, 6.45) is 0.0789. The minimum Gasteiger partial charge on any atom is -0.481 e. The molecule has 0 saturated carbocycles. The summed E-state index contributed by atoms with van der Waals surface area (Å²) in [5, 5.41) is 7.29. The summed E-state index contributed by atoms with van der Waals surface area (Å²) in [6, 6.07) is 0. The molecule has 0 rings (SSSR count). The third-order valence-electron chi connectivity index (χ3n) is 1.75. The number of nitrogens with zero attached hydrogens (tertiary/aromatic N) is 1. The van der Waals surface area contributed by atoms with Gasteiger partial charge < -0.3 is 9.64 Å². The highest BCUT2D eigenvalue weighted by Crippen LogP contribution is 1.96. The molecule has 13 heavy (non-hydrogen) atoms. The lowest BCUT2D eigenvalue weighted by Gasteiger charge is -2.18. The van der Waals surface area contributed by atoms with Crippen molar-refractivity contribution < 1.29 is 9.53 Å². The molecule has 0 aliphatic carbocycles. The fraction of sp³-hybridized carbons (Fsp3) is 0.778. The SMILES string of the molecule is CCOC(=N)CC(=O)N(CC)CC. The van der Waals surface area contributed by atoms with Crippen LogP contribution in [0.2, 0.25) is 0 Å². The van der Waals surface area contributed by atoms with Gasteiger partial charge in [-0.25, -0.2) is 0 Å². The van der Waals surface area contributed by atoms with Gasteiger partial charge in [-0.15, -0.1) is 0 Å². The van der Waals surface area contributed by atoms with Gasteiger partial charge >= 0.3 is 0 Å². The molecule has 0 bridgehead atoms. The Morgan fingerprint density at radius 1 is 1.31 bits per heavy atom. The summed E-state index contributed by atoms with van der Waals surface area (Å²) in [7, 11) is 0. The van der Waals surface area contributed by atoms with Gasteiger partial charge in [0.05, 0.1) is 6.61 Å². The molecule has 1 N–H and O–H groups in total. The van der Waals surface area contributed by atoms with Crippen molar-refractivity contribution in [2.24, 2.45) is 0 Å². The van der Waals surface area contributed by atoms with Gasteiger partial charge in [0.15, 0.2) is 5.90 Å². The van der Waals surface area contributed by atoms with Crippen molar-refractivity contribution in [3.8, 4) is 0 Å². The van der Waals surface area contributed by atoms with E-state index in [4.69, 9.17) is 10.1 Å². The highest BCUT2D eigenvalue weighted by molar-refractivity contribution is 5.95. The van der Waals surface area contributed by atoms with E-state index in [0.29, 0.717) is 19.7 Å². The van der Waals surface area contributed by atoms with Crippen molar-refractivity contribution in [1.82, 2.24) is 4.90 Å². The predicted octanol–water partition coefficient (Wildman–Crippen LogP) is 1.26. The molecule has 0 aliphatic heterocycles. The average Bonchev–Trinajstić information content (AvgIpc) is 2.06. The van der Waals surface area contributed by atoms with Crippen molar-refractivity contribution in [3.63, 3.8) is 0 Å². The Bertz CT molecular complexity index is 176. The van der Waals surface area contributed by atoms with Crippen LogP contribution in [0.5, 0.6) is 0 Å². The maximum absolute atomic E-state index is 11.4. The van der Waals surface area contributed by atoms with Crippen LogP contribution >= 0.6 is 0 Å². The summed E-state index contributed by atoms with van der Waals surface area (Å²) >= 11 is 0. The third kappa shape index (κ3) is 4.50. The molecule has 0 saturated heterocycles. The van der Waals surface area contributed by atoms with Gasteiger partial charge in [0.1, 0.15) is 6.42 Å². The highest BCUT2D eigenvalue weighted by atomic mass is 16.5. The van der Waals surface area contributed by atoms with Crippen LogP contribution < -0.4 is 0 Å². The summed E-state index contributed by atoms with van der Waals surface area (Å²) in [5.74, 6) is 0.0165. The van der Waals surface area contributed by atoms with E-state index in [9.17, 15) is 4.79 Å². The van der Waals surface area contributed by atoms with Crippen molar-refractivity contribution in [3.05, 3.63) is 0 Å². The molecule has 0 atom stereocenters. The lowest BCUT2D eigenvalue weighted by Crippen LogP contribution is -2.32. The van der Waals surface area contributed by atoms with Crippen molar-refractivity contribution in [2.75, 3.05) is 19.7 Å². The summed E-state index contributed by atoms with van der Waals surface area (Å²) in [5.41, 5.74) is 0. The largest absolute Gasteiger partial charge is 0.481 e. The fourth-order valence-corrected chi connectivity index (χ4v) is 1.05. The zero-order valence-electron chi connectivity index (χ0n) is 8.59. The smallest absolute Gasteiger partial charge is 0.231 e. The molecule has 1 amide bonds. The van der Waals surface area contributed by atoms with Crippen molar-refractivity contribution in [1.29, 1.82) is 5.41 Å². The van der Waals surface area contributed by atoms with Crippen molar-refractivity contribution >= 4 is 11.8 Å². The number of hydrogen-bond acceptors (Lipinski definition) is 3. The summed E-state index contributed by atoms with van der Waals surface area (Å²) < 4.78 is 4.89. The quantitative estimate of drug-likeness (QED) is 0.519. The molecule has 0 spiro atoms. The number of hydrogen-bond donors (Lipinski definition) is 1. The van der Waals surface area contributed by atoms with E-state index in [1.165, 1.54) is 0 Å². The van der Waals surface area contributed by atoms with Crippen molar-refractivity contribution in [2.45, 2.75) is 27.2 Å². The van der Waals surface area contributed by atoms with Gasteiger partial charge in [-0.3, -0.25) is 10.2 Å². The molecular formula is C9H18N2O2. The summed E-state index contributed by atoms with van der Waals surface area (Å²) in [4.78, 5) is 13.1. The standard InChI is InChI=1S/C9H18N2O2/c1-4-11(5-2)9(12)7-8(10)13-6-3/h10H,4-7H2,1-3H3. The first-order valence-electron chi connectivity index (χ1n) is 4.63. The molecule has 0 unspecified atom stereocenters. The lowest BCUT2D eigenvalue weighted by atomic mass is 10.3. The number of amides is 1. The predicted molar refractivity (Wildman–Crippen MR) is 51.9 cm³/mol. The Morgan fingerprint density at radius 3 is 2.23 bits per heavy atom. The van der Waals surface area contributed by atoms with Gasteiger partial charge in [-0.05, 0) is 20.8 Å². The van der Waals surface area contributed by atoms with Crippen LogP contribution in [0, 0.1) is 5.41 Å². The molecule has 4 heteroatoms. The minimum absolute atomic E-state index is 0.0385. The van der Waals surface area contributed by atoms with Gasteiger partial charge in [0.2, 0.25) is 5.91 Å². The van der Waals surface area contributed by atoms with Gasteiger partial charge in [-0.2, -0.15) is 0 Å². The van der Waals surface area contributed by atoms with Crippen LogP contribution in [0.4, 0.5) is 0 Å². The number of carbonyl (C=O) groups excluding carboxylic acids is 1. The Kier molecular flexibility index (Phi) is 5.93. The van der Waals surface area contributed by atoms with E-state index in [1.807, 2.05) is 13.8 Å². The molecule has 0 aromatic rings. The summed E-state index contributed by atoms with van der Waals surface area (Å²) in [6.45, 7) is 7.47. The molecule has 76 valence electrons. The molecule has 0 radical (unpaired) electrons. The molecular weight excluding hydrogens is 168 g/mol. The maximum Gasteiger partial charge on any atom is 0.231 e. The van der Waals surface area contributed by atoms with Gasteiger partial charge in [0, 0.05) is 13.1 Å². The van der Waals surface area contributed by atoms with Gasteiger partial charge in [-0.1, -0.05) is 0 Å². The van der Waals surface area contributed by atoms with Gasteiger partial charge in [0.25, 0.3) is 0 Å². The number of rotatable bonds is 5. The zero-order chi connectivity index (χ0) is 10.3. The first kappa shape index (κ1) is 11.9. The monoisotopic (exact) mass is 186 g/mol. The van der Waals surface area contributed by atoms with Crippen LogP contribution in [0.1, 0.15) is 27.2 Å². The molecule has 0 aromatic carbocycles. The lowest BCUT2D eigenvalue weighted by molar-refractivity contribution is -0.129. The first-order valence-corrected chi connectivity index (χ1v) is 4.63. The first-order chi connectivity index (χ1) is 6.15. The van der Waals surface area contributed by atoms with Crippen LogP contribution in [-0.4, -0.2) is 36.4 Å². The fourth-order valence-electron chi connectivity index (χ4n) is 1.05. The van der Waals surface area contributed by atoms with E-state index in [0.717, 1.165) is 0 Å². The molecule has 0 aliphatic rings. The van der Waals surface area contributed by atoms with E-state index < -0.39 is 0 Å². The van der Waals surface area contributed by atoms with E-state index in [-0.39, 0.29) is 18.2 Å². The molecule has 0 fully saturated rings. The molecule has 4 nitrogen and oxygen atoms in total. The Labute approximate surface area is 79.4 Å². The third-order valence-corrected chi connectivity index (χ3v) is 1.75. The molecule has 0 aromatic heterocycles. The van der Waals surface area contributed by atoms with Crippen LogP contribution in [0.25, 0.3) is 0 Å². The minimum atomic E-state index is -0.0385. The van der Waals surface area contributed by atoms with Crippen LogP contribution in [-0.2, 0) is 9.53 Å². The van der Waals surface area contributed by atoms with Crippen LogP contribution in [0.15, 0.2) is 0 Å². The van der Waals surface area contributed by atoms with E-state index in [2.05, 4.69) is 0 Å². The second-order valence-electron chi connectivity index (χ2n) is 2.60. The second kappa shape index (κ2) is 6.46. The highest BCUT2D eigenvalue weighted by Gasteiger charge is 2.12. The zero-order valence-corrected chi connectivity index (χ0v) is 8.59. The number of nitrogens with one attached hydrogen (secondary N) is 1. The average molecular weight is 186 g/mol. The Hall–Kier alpha value is -1.06. The van der Waals surface area contributed by atoms with Crippen LogP contribution in [0.3, 0.4) is 0 Å². The van der Waals surface area contributed by atoms with E-state index >= 15 is 0 Å². The maximum atomic E-state index is 11.4. The molecule has 0 heterocycles.